The molecule has 6 nitrogen and oxygen atoms in total. The van der Waals surface area contributed by atoms with Crippen molar-refractivity contribution in [2.45, 2.75) is 45.4 Å². The second-order valence-electron chi connectivity index (χ2n) is 10.3. The van der Waals surface area contributed by atoms with E-state index in [9.17, 15) is 14.3 Å². The molecule has 2 N–H and O–H groups in total. The summed E-state index contributed by atoms with van der Waals surface area (Å²) >= 11 is 0. The van der Waals surface area contributed by atoms with Crippen molar-refractivity contribution < 1.29 is 14.3 Å². The van der Waals surface area contributed by atoms with Crippen molar-refractivity contribution in [1.82, 2.24) is 14.5 Å². The maximum atomic E-state index is 14.2. The maximum absolute atomic E-state index is 14.2. The first-order valence-corrected chi connectivity index (χ1v) is 12.4. The number of carbonyl (C=O) groups excluding carboxylic acids is 1. The molecule has 0 radical (unpaired) electrons. The van der Waals surface area contributed by atoms with Crippen LogP contribution in [0.15, 0.2) is 78.9 Å². The van der Waals surface area contributed by atoms with Crippen LogP contribution in [0.3, 0.4) is 0 Å². The van der Waals surface area contributed by atoms with Gasteiger partial charge < -0.3 is 19.9 Å². The van der Waals surface area contributed by atoms with Gasteiger partial charge in [0.2, 0.25) is 0 Å². The van der Waals surface area contributed by atoms with Crippen LogP contribution < -0.4 is 5.32 Å². The summed E-state index contributed by atoms with van der Waals surface area (Å²) in [5.41, 5.74) is 3.66. The number of benzene rings is 3. The molecule has 3 aromatic carbocycles. The number of nitrogens with zero attached hydrogens (tertiary/aromatic N) is 3. The Kier molecular flexibility index (Phi) is 6.56. The van der Waals surface area contributed by atoms with E-state index in [4.69, 9.17) is 4.98 Å². The molecule has 0 bridgehead atoms. The number of aromatic nitrogens is 2. The van der Waals surface area contributed by atoms with Gasteiger partial charge in [-0.25, -0.2) is 9.37 Å². The predicted octanol–water partition coefficient (Wildman–Crippen LogP) is 5.42. The van der Waals surface area contributed by atoms with Gasteiger partial charge in [-0.15, -0.1) is 0 Å². The second-order valence-corrected chi connectivity index (χ2v) is 10.3. The standard InChI is InChI=1S/C30H31FN4O2/c1-20-12-14-24(15-13-20)32-28-27(22-10-7-11-23(31)17-22)33-26-18-34(19-30(2,3)35(26)28)29(37)25(36)16-21-8-5-4-6-9-21/h4-15,17,25,32,36H,16,18-19H2,1-3H3. The first-order chi connectivity index (χ1) is 17.7. The summed E-state index contributed by atoms with van der Waals surface area (Å²) in [6.45, 7) is 6.75. The van der Waals surface area contributed by atoms with E-state index in [2.05, 4.69) is 9.88 Å². The van der Waals surface area contributed by atoms with Crippen LogP contribution in [-0.4, -0.2) is 38.1 Å². The molecule has 1 unspecified atom stereocenters. The molecule has 2 heterocycles. The van der Waals surface area contributed by atoms with Crippen molar-refractivity contribution in [3.05, 3.63) is 102 Å². The Morgan fingerprint density at radius 3 is 2.51 bits per heavy atom. The van der Waals surface area contributed by atoms with E-state index in [-0.39, 0.29) is 24.7 Å². The van der Waals surface area contributed by atoms with E-state index in [0.29, 0.717) is 23.6 Å². The molecular weight excluding hydrogens is 467 g/mol. The van der Waals surface area contributed by atoms with Crippen LogP contribution in [0.2, 0.25) is 0 Å². The van der Waals surface area contributed by atoms with Gasteiger partial charge >= 0.3 is 0 Å². The molecule has 190 valence electrons. The zero-order valence-electron chi connectivity index (χ0n) is 21.3. The van der Waals surface area contributed by atoms with Gasteiger partial charge in [-0.1, -0.05) is 60.2 Å². The Bertz CT molecular complexity index is 1410. The zero-order chi connectivity index (χ0) is 26.2. The lowest BCUT2D eigenvalue weighted by atomic mass is 9.99. The number of anilines is 2. The SMILES string of the molecule is Cc1ccc(Nc2c(-c3cccc(F)c3)nc3n2C(C)(C)CN(C(=O)C(O)Cc2ccccc2)C3)cc1. The Morgan fingerprint density at radius 2 is 1.81 bits per heavy atom. The summed E-state index contributed by atoms with van der Waals surface area (Å²) in [5, 5.41) is 14.3. The van der Waals surface area contributed by atoms with Gasteiger partial charge in [-0.05, 0) is 50.6 Å². The summed E-state index contributed by atoms with van der Waals surface area (Å²) in [4.78, 5) is 19.9. The lowest BCUT2D eigenvalue weighted by Crippen LogP contribution is -2.52. The van der Waals surface area contributed by atoms with Crippen molar-refractivity contribution in [2.24, 2.45) is 0 Å². The fraction of sp³-hybridized carbons (Fsp3) is 0.267. The summed E-state index contributed by atoms with van der Waals surface area (Å²) in [5.74, 6) is 0.744. The third kappa shape index (κ3) is 5.13. The minimum absolute atomic E-state index is 0.242. The van der Waals surface area contributed by atoms with Gasteiger partial charge in [0.1, 0.15) is 29.3 Å². The van der Waals surface area contributed by atoms with Crippen molar-refractivity contribution in [1.29, 1.82) is 0 Å². The smallest absolute Gasteiger partial charge is 0.252 e. The van der Waals surface area contributed by atoms with Gasteiger partial charge in [0.25, 0.3) is 5.91 Å². The quantitative estimate of drug-likeness (QED) is 0.372. The molecular formula is C30H31FN4O2. The summed E-state index contributed by atoms with van der Waals surface area (Å²) in [6.07, 6.45) is -0.896. The van der Waals surface area contributed by atoms with Gasteiger partial charge in [0, 0.05) is 24.2 Å². The van der Waals surface area contributed by atoms with E-state index < -0.39 is 11.6 Å². The van der Waals surface area contributed by atoms with Gasteiger partial charge in [0.05, 0.1) is 12.1 Å². The fourth-order valence-electron chi connectivity index (χ4n) is 5.01. The normalized spacial score (nSPS) is 15.2. The van der Waals surface area contributed by atoms with Crippen LogP contribution in [0.1, 0.15) is 30.8 Å². The highest BCUT2D eigenvalue weighted by molar-refractivity contribution is 5.82. The predicted molar refractivity (Wildman–Crippen MR) is 143 cm³/mol. The van der Waals surface area contributed by atoms with E-state index >= 15 is 0 Å². The topological polar surface area (TPSA) is 70.4 Å². The number of halogens is 1. The average molecular weight is 499 g/mol. The number of nitrogens with one attached hydrogen (secondary N) is 1. The third-order valence-corrected chi connectivity index (χ3v) is 6.74. The molecule has 37 heavy (non-hydrogen) atoms. The molecule has 0 aliphatic carbocycles. The molecule has 7 heteroatoms. The van der Waals surface area contributed by atoms with Crippen molar-refractivity contribution in [3.8, 4) is 11.3 Å². The van der Waals surface area contributed by atoms with Crippen LogP contribution in [0.5, 0.6) is 0 Å². The number of hydrogen-bond donors (Lipinski definition) is 2. The Hall–Kier alpha value is -3.97. The van der Waals surface area contributed by atoms with E-state index in [1.54, 1.807) is 11.0 Å². The number of aliphatic hydroxyl groups excluding tert-OH is 1. The van der Waals surface area contributed by atoms with Crippen LogP contribution in [0.25, 0.3) is 11.3 Å². The van der Waals surface area contributed by atoms with Crippen LogP contribution >= 0.6 is 0 Å². The van der Waals surface area contributed by atoms with E-state index in [0.717, 1.165) is 22.6 Å². The Labute approximate surface area is 216 Å². The van der Waals surface area contributed by atoms with Crippen molar-refractivity contribution in [3.63, 3.8) is 0 Å². The molecule has 1 aliphatic rings. The van der Waals surface area contributed by atoms with Crippen LogP contribution in [0, 0.1) is 12.7 Å². The fourth-order valence-corrected chi connectivity index (χ4v) is 5.01. The first kappa shape index (κ1) is 24.7. The number of carbonyl (C=O) groups is 1. The Morgan fingerprint density at radius 1 is 1.08 bits per heavy atom. The number of aliphatic hydroxyl groups is 1. The number of fused-ring (bicyclic) bond motifs is 1. The van der Waals surface area contributed by atoms with Gasteiger partial charge in [-0.3, -0.25) is 4.79 Å². The maximum Gasteiger partial charge on any atom is 0.252 e. The summed E-state index contributed by atoms with van der Waals surface area (Å²) in [7, 11) is 0. The first-order valence-electron chi connectivity index (χ1n) is 12.4. The number of rotatable bonds is 6. The lowest BCUT2D eigenvalue weighted by molar-refractivity contribution is -0.143. The minimum Gasteiger partial charge on any atom is -0.383 e. The number of imidazole rings is 1. The molecule has 1 atom stereocenters. The second kappa shape index (κ2) is 9.82. The minimum atomic E-state index is -1.15. The van der Waals surface area contributed by atoms with Crippen molar-refractivity contribution in [2.75, 3.05) is 11.9 Å². The highest BCUT2D eigenvalue weighted by Crippen LogP contribution is 2.39. The molecule has 1 aliphatic heterocycles. The monoisotopic (exact) mass is 498 g/mol. The summed E-state index contributed by atoms with van der Waals surface area (Å²) < 4.78 is 16.3. The molecule has 4 aromatic rings. The highest BCUT2D eigenvalue weighted by atomic mass is 19.1. The molecule has 0 spiro atoms. The van der Waals surface area contributed by atoms with Gasteiger partial charge in [0.15, 0.2) is 0 Å². The zero-order valence-corrected chi connectivity index (χ0v) is 21.3. The number of amides is 1. The number of hydrogen-bond acceptors (Lipinski definition) is 4. The third-order valence-electron chi connectivity index (χ3n) is 6.74. The van der Waals surface area contributed by atoms with E-state index in [1.165, 1.54) is 12.1 Å². The molecule has 0 fully saturated rings. The molecule has 0 saturated heterocycles. The molecule has 0 saturated carbocycles. The van der Waals surface area contributed by atoms with Crippen LogP contribution in [-0.2, 0) is 23.3 Å². The summed E-state index contributed by atoms with van der Waals surface area (Å²) in [6, 6.07) is 23.9. The molecule has 5 rings (SSSR count). The van der Waals surface area contributed by atoms with Crippen LogP contribution in [0.4, 0.5) is 15.9 Å². The highest BCUT2D eigenvalue weighted by Gasteiger charge is 2.39. The number of aryl methyl sites for hydroxylation is 1. The Balaban J connectivity index is 1.52. The molecule has 1 aromatic heterocycles. The average Bonchev–Trinajstić information content (AvgIpc) is 3.24. The lowest BCUT2D eigenvalue weighted by Gasteiger charge is -2.41. The van der Waals surface area contributed by atoms with Gasteiger partial charge in [-0.2, -0.15) is 0 Å². The largest absolute Gasteiger partial charge is 0.383 e. The molecule has 1 amide bonds. The van der Waals surface area contributed by atoms with Crippen molar-refractivity contribution >= 4 is 17.4 Å². The van der Waals surface area contributed by atoms with E-state index in [1.807, 2.05) is 81.4 Å².